The zero-order chi connectivity index (χ0) is 10.0. The predicted molar refractivity (Wildman–Crippen MR) is 61.5 cm³/mol. The number of ketones is 1. The molecule has 0 aromatic heterocycles. The third kappa shape index (κ3) is 2.55. The molecule has 70 valence electrons. The highest BCUT2D eigenvalue weighted by Gasteiger charge is 2.16. The number of hydrogen-bond acceptors (Lipinski definition) is 1. The summed E-state index contributed by atoms with van der Waals surface area (Å²) in [5, 5.41) is -0.495. The number of benzene rings is 1. The Hall–Kier alpha value is 0.140. The van der Waals surface area contributed by atoms with Crippen LogP contribution in [-0.2, 0) is 0 Å². The Balaban J connectivity index is 3.15. The molecule has 0 saturated carbocycles. The lowest BCUT2D eigenvalue weighted by Gasteiger charge is -2.05. The lowest BCUT2D eigenvalue weighted by Crippen LogP contribution is -2.11. The van der Waals surface area contributed by atoms with Crippen LogP contribution in [0.15, 0.2) is 27.1 Å². The predicted octanol–water partition coefficient (Wildman–Crippen LogP) is 4.02. The number of carbonyl (C=O) groups is 1. The molecule has 1 rings (SSSR count). The molecule has 1 unspecified atom stereocenters. The minimum absolute atomic E-state index is 0.0742. The summed E-state index contributed by atoms with van der Waals surface area (Å²) < 4.78 is 1.61. The molecule has 0 radical (unpaired) electrons. The molecular formula is C9H7Br2ClO. The molecular weight excluding hydrogens is 319 g/mol. The fraction of sp³-hybridized carbons (Fsp3) is 0.222. The maximum atomic E-state index is 11.5. The largest absolute Gasteiger partial charge is 0.292 e. The van der Waals surface area contributed by atoms with Crippen molar-refractivity contribution < 1.29 is 4.79 Å². The van der Waals surface area contributed by atoms with Crippen molar-refractivity contribution in [2.75, 3.05) is 0 Å². The molecule has 1 nitrogen and oxygen atoms in total. The number of alkyl halides is 1. The van der Waals surface area contributed by atoms with Crippen LogP contribution in [0, 0.1) is 0 Å². The van der Waals surface area contributed by atoms with Crippen molar-refractivity contribution in [1.29, 1.82) is 0 Å². The van der Waals surface area contributed by atoms with Gasteiger partial charge >= 0.3 is 0 Å². The Morgan fingerprint density at radius 2 is 2.08 bits per heavy atom. The summed E-state index contributed by atoms with van der Waals surface area (Å²) in [7, 11) is 0. The summed E-state index contributed by atoms with van der Waals surface area (Å²) >= 11 is 12.3. The molecule has 13 heavy (non-hydrogen) atoms. The van der Waals surface area contributed by atoms with Crippen molar-refractivity contribution in [3.05, 3.63) is 32.7 Å². The summed E-state index contributed by atoms with van der Waals surface area (Å²) in [6.07, 6.45) is 0. The molecule has 1 aromatic carbocycles. The Kier molecular flexibility index (Phi) is 3.95. The van der Waals surface area contributed by atoms with Crippen molar-refractivity contribution in [3.63, 3.8) is 0 Å². The second kappa shape index (κ2) is 4.58. The van der Waals surface area contributed by atoms with Gasteiger partial charge in [-0.1, -0.05) is 12.1 Å². The van der Waals surface area contributed by atoms with Crippen molar-refractivity contribution in [2.45, 2.75) is 12.3 Å². The summed E-state index contributed by atoms with van der Waals surface area (Å²) in [6, 6.07) is 5.41. The highest BCUT2D eigenvalue weighted by atomic mass is 79.9. The smallest absolute Gasteiger partial charge is 0.181 e. The first kappa shape index (κ1) is 11.2. The Morgan fingerprint density at radius 3 is 2.62 bits per heavy atom. The van der Waals surface area contributed by atoms with Gasteiger partial charge in [-0.25, -0.2) is 0 Å². The molecule has 0 amide bonds. The van der Waals surface area contributed by atoms with E-state index in [4.69, 9.17) is 11.6 Å². The van der Waals surface area contributed by atoms with E-state index < -0.39 is 5.38 Å². The van der Waals surface area contributed by atoms with E-state index in [1.54, 1.807) is 19.1 Å². The normalized spacial score (nSPS) is 12.6. The van der Waals surface area contributed by atoms with Gasteiger partial charge in [-0.2, -0.15) is 0 Å². The van der Waals surface area contributed by atoms with Gasteiger partial charge in [0.05, 0.1) is 5.38 Å². The summed E-state index contributed by atoms with van der Waals surface area (Å²) in [6.45, 7) is 1.66. The first-order valence-electron chi connectivity index (χ1n) is 3.66. The van der Waals surface area contributed by atoms with E-state index in [0.29, 0.717) is 5.56 Å². The van der Waals surface area contributed by atoms with Crippen LogP contribution in [0.3, 0.4) is 0 Å². The lowest BCUT2D eigenvalue weighted by atomic mass is 10.1. The first-order chi connectivity index (χ1) is 6.04. The minimum atomic E-state index is -0.495. The standard InChI is InChI=1S/C9H7Br2ClO/c1-5(12)9(13)6-3-2-4-7(10)8(6)11/h2-5H,1H3. The SMILES string of the molecule is CC(Cl)C(=O)c1cccc(Br)c1Br. The summed E-state index contributed by atoms with van der Waals surface area (Å²) in [5.41, 5.74) is 0.608. The van der Waals surface area contributed by atoms with Crippen LogP contribution in [0.2, 0.25) is 0 Å². The highest BCUT2D eigenvalue weighted by molar-refractivity contribution is 9.13. The molecule has 0 saturated heterocycles. The molecule has 0 aliphatic heterocycles. The van der Waals surface area contributed by atoms with Crippen molar-refractivity contribution in [3.8, 4) is 0 Å². The van der Waals surface area contributed by atoms with Crippen LogP contribution in [0.25, 0.3) is 0 Å². The summed E-state index contributed by atoms with van der Waals surface area (Å²) in [5.74, 6) is -0.0742. The van der Waals surface area contributed by atoms with Crippen LogP contribution in [0.5, 0.6) is 0 Å². The van der Waals surface area contributed by atoms with Gasteiger partial charge in [0.25, 0.3) is 0 Å². The topological polar surface area (TPSA) is 17.1 Å². The zero-order valence-corrected chi connectivity index (χ0v) is 10.8. The summed E-state index contributed by atoms with van der Waals surface area (Å²) in [4.78, 5) is 11.5. The fourth-order valence-corrected chi connectivity index (χ4v) is 1.85. The number of hydrogen-bond donors (Lipinski definition) is 0. The van der Waals surface area contributed by atoms with Gasteiger partial charge in [0.1, 0.15) is 0 Å². The van der Waals surface area contributed by atoms with Crippen LogP contribution < -0.4 is 0 Å². The van der Waals surface area contributed by atoms with Gasteiger partial charge in [-0.05, 0) is 44.8 Å². The van der Waals surface area contributed by atoms with Crippen LogP contribution in [0.4, 0.5) is 0 Å². The maximum Gasteiger partial charge on any atom is 0.181 e. The molecule has 1 aromatic rings. The van der Waals surface area contributed by atoms with Crippen LogP contribution in [-0.4, -0.2) is 11.2 Å². The van der Waals surface area contributed by atoms with Crippen molar-refractivity contribution in [1.82, 2.24) is 0 Å². The molecule has 0 aliphatic carbocycles. The van der Waals surface area contributed by atoms with Gasteiger partial charge in [-0.15, -0.1) is 11.6 Å². The average molecular weight is 326 g/mol. The number of carbonyl (C=O) groups excluding carboxylic acids is 1. The molecule has 0 heterocycles. The fourth-order valence-electron chi connectivity index (χ4n) is 0.908. The van der Waals surface area contributed by atoms with Gasteiger partial charge in [0, 0.05) is 14.5 Å². The Labute approximate surface area is 98.7 Å². The molecule has 0 N–H and O–H groups in total. The van der Waals surface area contributed by atoms with E-state index in [9.17, 15) is 4.79 Å². The van der Waals surface area contributed by atoms with E-state index in [-0.39, 0.29) is 5.78 Å². The average Bonchev–Trinajstić information content (AvgIpc) is 2.08. The third-order valence-corrected chi connectivity index (χ3v) is 3.82. The minimum Gasteiger partial charge on any atom is -0.292 e. The van der Waals surface area contributed by atoms with Crippen molar-refractivity contribution in [2.24, 2.45) is 0 Å². The van der Waals surface area contributed by atoms with Gasteiger partial charge < -0.3 is 0 Å². The first-order valence-corrected chi connectivity index (χ1v) is 5.68. The molecule has 0 aliphatic rings. The maximum absolute atomic E-state index is 11.5. The Morgan fingerprint density at radius 1 is 1.46 bits per heavy atom. The van der Waals surface area contributed by atoms with Crippen LogP contribution >= 0.6 is 43.5 Å². The van der Waals surface area contributed by atoms with Crippen LogP contribution in [0.1, 0.15) is 17.3 Å². The van der Waals surface area contributed by atoms with E-state index >= 15 is 0 Å². The number of rotatable bonds is 2. The van der Waals surface area contributed by atoms with E-state index in [1.807, 2.05) is 6.07 Å². The second-order valence-corrected chi connectivity index (χ2v) is 4.88. The molecule has 1 atom stereocenters. The van der Waals surface area contributed by atoms with Crippen molar-refractivity contribution >= 4 is 49.2 Å². The van der Waals surface area contributed by atoms with E-state index in [1.165, 1.54) is 0 Å². The van der Waals surface area contributed by atoms with Gasteiger partial charge in [-0.3, -0.25) is 4.79 Å². The highest BCUT2D eigenvalue weighted by Crippen LogP contribution is 2.27. The van der Waals surface area contributed by atoms with E-state index in [2.05, 4.69) is 31.9 Å². The van der Waals surface area contributed by atoms with Gasteiger partial charge in [0.2, 0.25) is 0 Å². The molecule has 4 heteroatoms. The zero-order valence-electron chi connectivity index (χ0n) is 6.85. The van der Waals surface area contributed by atoms with Gasteiger partial charge in [0.15, 0.2) is 5.78 Å². The molecule has 0 fully saturated rings. The quantitative estimate of drug-likeness (QED) is 0.592. The van der Waals surface area contributed by atoms with E-state index in [0.717, 1.165) is 8.95 Å². The molecule has 0 bridgehead atoms. The third-order valence-electron chi connectivity index (χ3n) is 1.58. The second-order valence-electron chi connectivity index (χ2n) is 2.58. The Bertz CT molecular complexity index is 336. The lowest BCUT2D eigenvalue weighted by molar-refractivity contribution is 0.0991. The number of halogens is 3. The molecule has 0 spiro atoms. The monoisotopic (exact) mass is 324 g/mol. The number of Topliss-reactive ketones (excluding diaryl/α,β-unsaturated/α-hetero) is 1.